The molecule has 0 aliphatic carbocycles. The van der Waals surface area contributed by atoms with Gasteiger partial charge in [0.1, 0.15) is 12.2 Å². The van der Waals surface area contributed by atoms with E-state index in [0.29, 0.717) is 44.2 Å². The number of nitrogens with one attached hydrogen (secondary N) is 1. The third kappa shape index (κ3) is 4.07. The largest absolute Gasteiger partial charge is 0.378 e. The van der Waals surface area contributed by atoms with Gasteiger partial charge in [0, 0.05) is 25.8 Å². The molecule has 2 aromatic heterocycles. The van der Waals surface area contributed by atoms with Crippen LogP contribution in [0.3, 0.4) is 0 Å². The smallest absolute Gasteiger partial charge is 0.274 e. The van der Waals surface area contributed by atoms with E-state index in [1.807, 2.05) is 6.92 Å². The van der Waals surface area contributed by atoms with Crippen LogP contribution in [0.1, 0.15) is 17.4 Å². The first-order valence-corrected chi connectivity index (χ1v) is 8.78. The third-order valence-electron chi connectivity index (χ3n) is 3.82. The fourth-order valence-corrected chi connectivity index (χ4v) is 2.95. The second-order valence-electron chi connectivity index (χ2n) is 5.53. The molecular weight excluding hydrogens is 392 g/mol. The van der Waals surface area contributed by atoms with Crippen LogP contribution in [0.15, 0.2) is 23.1 Å². The lowest BCUT2D eigenvalue weighted by Crippen LogP contribution is -2.41. The molecular formula is C15H19BrN6O3. The van der Waals surface area contributed by atoms with Crippen LogP contribution in [0.2, 0.25) is 0 Å². The van der Waals surface area contributed by atoms with Crippen molar-refractivity contribution in [1.29, 1.82) is 0 Å². The molecule has 0 unspecified atom stereocenters. The van der Waals surface area contributed by atoms with Crippen molar-refractivity contribution in [2.45, 2.75) is 20.0 Å². The average Bonchev–Trinajstić information content (AvgIpc) is 3.20. The number of morpholine rings is 1. The molecule has 1 aliphatic rings. The average molecular weight is 411 g/mol. The van der Waals surface area contributed by atoms with Crippen molar-refractivity contribution >= 4 is 33.4 Å². The van der Waals surface area contributed by atoms with Gasteiger partial charge in [-0.1, -0.05) is 0 Å². The van der Waals surface area contributed by atoms with E-state index in [1.54, 1.807) is 22.0 Å². The van der Waals surface area contributed by atoms with Crippen molar-refractivity contribution in [3.05, 3.63) is 28.8 Å². The Labute approximate surface area is 153 Å². The van der Waals surface area contributed by atoms with Gasteiger partial charge in [-0.05, 0) is 22.9 Å². The van der Waals surface area contributed by atoms with Gasteiger partial charge in [0.25, 0.3) is 5.91 Å². The fourth-order valence-electron chi connectivity index (χ4n) is 2.62. The lowest BCUT2D eigenvalue weighted by Gasteiger charge is -2.27. The van der Waals surface area contributed by atoms with Crippen LogP contribution < -0.4 is 5.32 Å². The zero-order valence-electron chi connectivity index (χ0n) is 13.8. The normalized spacial score (nSPS) is 14.6. The Morgan fingerprint density at radius 1 is 1.28 bits per heavy atom. The molecule has 134 valence electrons. The first-order valence-electron chi connectivity index (χ1n) is 7.99. The third-order valence-corrected chi connectivity index (χ3v) is 4.23. The van der Waals surface area contributed by atoms with Crippen LogP contribution in [-0.4, -0.2) is 62.6 Å². The van der Waals surface area contributed by atoms with E-state index in [2.05, 4.69) is 31.4 Å². The zero-order chi connectivity index (χ0) is 17.8. The highest BCUT2D eigenvalue weighted by Gasteiger charge is 2.26. The number of amides is 2. The minimum Gasteiger partial charge on any atom is -0.378 e. The SMILES string of the molecule is CCn1ncc(NC(=O)Cn2cc(Br)cn2)c1C(=O)N1CCOCC1. The maximum absolute atomic E-state index is 12.8. The summed E-state index contributed by atoms with van der Waals surface area (Å²) in [5, 5.41) is 11.0. The summed E-state index contributed by atoms with van der Waals surface area (Å²) >= 11 is 3.29. The van der Waals surface area contributed by atoms with Crippen LogP contribution >= 0.6 is 15.9 Å². The molecule has 3 rings (SSSR count). The number of ether oxygens (including phenoxy) is 1. The number of anilines is 1. The van der Waals surface area contributed by atoms with Gasteiger partial charge in [-0.15, -0.1) is 0 Å². The first-order chi connectivity index (χ1) is 12.1. The molecule has 0 aromatic carbocycles. The lowest BCUT2D eigenvalue weighted by atomic mass is 10.2. The summed E-state index contributed by atoms with van der Waals surface area (Å²) < 4.78 is 9.18. The molecule has 0 spiro atoms. The number of halogens is 1. The van der Waals surface area contributed by atoms with E-state index in [-0.39, 0.29) is 18.4 Å². The van der Waals surface area contributed by atoms with Crippen LogP contribution in [0.4, 0.5) is 5.69 Å². The molecule has 2 aromatic rings. The van der Waals surface area contributed by atoms with Gasteiger partial charge in [-0.2, -0.15) is 10.2 Å². The van der Waals surface area contributed by atoms with Gasteiger partial charge < -0.3 is 15.0 Å². The molecule has 25 heavy (non-hydrogen) atoms. The second kappa shape index (κ2) is 7.79. The Bertz CT molecular complexity index is 765. The second-order valence-corrected chi connectivity index (χ2v) is 6.45. The van der Waals surface area contributed by atoms with Gasteiger partial charge in [-0.3, -0.25) is 19.0 Å². The maximum Gasteiger partial charge on any atom is 0.274 e. The fraction of sp³-hybridized carbons (Fsp3) is 0.467. The van der Waals surface area contributed by atoms with Gasteiger partial charge >= 0.3 is 0 Å². The van der Waals surface area contributed by atoms with E-state index < -0.39 is 0 Å². The summed E-state index contributed by atoms with van der Waals surface area (Å²) in [7, 11) is 0. The molecule has 0 atom stereocenters. The Hall–Kier alpha value is -2.20. The molecule has 9 nitrogen and oxygen atoms in total. The highest BCUT2D eigenvalue weighted by atomic mass is 79.9. The van der Waals surface area contributed by atoms with Crippen molar-refractivity contribution in [3.63, 3.8) is 0 Å². The van der Waals surface area contributed by atoms with E-state index >= 15 is 0 Å². The Balaban J connectivity index is 1.75. The lowest BCUT2D eigenvalue weighted by molar-refractivity contribution is -0.116. The molecule has 10 heteroatoms. The summed E-state index contributed by atoms with van der Waals surface area (Å²) in [5.74, 6) is -0.429. The zero-order valence-corrected chi connectivity index (χ0v) is 15.4. The molecule has 0 saturated carbocycles. The van der Waals surface area contributed by atoms with Crippen molar-refractivity contribution in [2.75, 3.05) is 31.6 Å². The molecule has 2 amide bonds. The van der Waals surface area contributed by atoms with Crippen molar-refractivity contribution in [3.8, 4) is 0 Å². The van der Waals surface area contributed by atoms with Gasteiger partial charge in [-0.25, -0.2) is 0 Å². The van der Waals surface area contributed by atoms with Crippen molar-refractivity contribution in [2.24, 2.45) is 0 Å². The standard InChI is InChI=1S/C15H19BrN6O3/c1-2-22-14(15(24)20-3-5-25-6-4-20)12(8-18-22)19-13(23)10-21-9-11(16)7-17-21/h7-9H,2-6,10H2,1H3,(H,19,23). The van der Waals surface area contributed by atoms with E-state index in [0.717, 1.165) is 4.47 Å². The quantitative estimate of drug-likeness (QED) is 0.792. The minimum absolute atomic E-state index is 0.0497. The number of hydrogen-bond donors (Lipinski definition) is 1. The van der Waals surface area contributed by atoms with Gasteiger partial charge in [0.15, 0.2) is 0 Å². The predicted molar refractivity (Wildman–Crippen MR) is 93.2 cm³/mol. The molecule has 0 radical (unpaired) electrons. The van der Waals surface area contributed by atoms with Gasteiger partial charge in [0.05, 0.1) is 35.8 Å². The number of aryl methyl sites for hydroxylation is 1. The molecule has 3 heterocycles. The van der Waals surface area contributed by atoms with Crippen LogP contribution in [0, 0.1) is 0 Å². The maximum atomic E-state index is 12.8. The molecule has 0 bridgehead atoms. The van der Waals surface area contributed by atoms with Crippen LogP contribution in [0.5, 0.6) is 0 Å². The summed E-state index contributed by atoms with van der Waals surface area (Å²) in [6, 6.07) is 0. The monoisotopic (exact) mass is 410 g/mol. The first kappa shape index (κ1) is 17.6. The van der Waals surface area contributed by atoms with Crippen molar-refractivity contribution < 1.29 is 14.3 Å². The predicted octanol–water partition coefficient (Wildman–Crippen LogP) is 0.973. The molecule has 1 aliphatic heterocycles. The Morgan fingerprint density at radius 2 is 2.04 bits per heavy atom. The topological polar surface area (TPSA) is 94.3 Å². The van der Waals surface area contributed by atoms with E-state index in [9.17, 15) is 9.59 Å². The molecule has 1 N–H and O–H groups in total. The number of aromatic nitrogens is 4. The highest BCUT2D eigenvalue weighted by Crippen LogP contribution is 2.18. The van der Waals surface area contributed by atoms with Crippen molar-refractivity contribution in [1.82, 2.24) is 24.5 Å². The summed E-state index contributed by atoms with van der Waals surface area (Å²) in [6.45, 7) is 4.58. The number of nitrogens with zero attached hydrogens (tertiary/aromatic N) is 5. The number of rotatable bonds is 5. The number of hydrogen-bond acceptors (Lipinski definition) is 5. The number of carbonyl (C=O) groups is 2. The van der Waals surface area contributed by atoms with Crippen LogP contribution in [0.25, 0.3) is 0 Å². The Morgan fingerprint density at radius 3 is 2.68 bits per heavy atom. The summed E-state index contributed by atoms with van der Waals surface area (Å²) in [6.07, 6.45) is 4.82. The van der Waals surface area contributed by atoms with E-state index in [4.69, 9.17) is 4.74 Å². The highest BCUT2D eigenvalue weighted by molar-refractivity contribution is 9.10. The number of carbonyl (C=O) groups excluding carboxylic acids is 2. The summed E-state index contributed by atoms with van der Waals surface area (Å²) in [4.78, 5) is 26.8. The molecule has 1 fully saturated rings. The summed E-state index contributed by atoms with van der Waals surface area (Å²) in [5.41, 5.74) is 0.800. The van der Waals surface area contributed by atoms with Crippen LogP contribution in [-0.2, 0) is 22.6 Å². The molecule has 1 saturated heterocycles. The van der Waals surface area contributed by atoms with E-state index in [1.165, 1.54) is 10.9 Å². The van der Waals surface area contributed by atoms with Gasteiger partial charge in [0.2, 0.25) is 5.91 Å². The Kier molecular flexibility index (Phi) is 5.49. The minimum atomic E-state index is -0.276.